The number of carboxylic acids is 1. The van der Waals surface area contributed by atoms with Crippen LogP contribution in [-0.4, -0.2) is 11.1 Å². The predicted molar refractivity (Wildman–Crippen MR) is 61.4 cm³/mol. The minimum absolute atomic E-state index is 0.0744. The van der Waals surface area contributed by atoms with Crippen LogP contribution in [0.5, 0.6) is 0 Å². The molecular formula is C12H8F2O2S. The smallest absolute Gasteiger partial charge is 0.336 e. The van der Waals surface area contributed by atoms with Gasteiger partial charge in [-0.1, -0.05) is 0 Å². The molecular weight excluding hydrogens is 246 g/mol. The summed E-state index contributed by atoms with van der Waals surface area (Å²) < 4.78 is 27.0. The van der Waals surface area contributed by atoms with Gasteiger partial charge in [-0.2, -0.15) is 0 Å². The average Bonchev–Trinajstić information content (AvgIpc) is 2.72. The molecule has 0 spiro atoms. The van der Waals surface area contributed by atoms with Gasteiger partial charge in [0.05, 0.1) is 5.56 Å². The highest BCUT2D eigenvalue weighted by Crippen LogP contribution is 2.30. The van der Waals surface area contributed by atoms with Crippen molar-refractivity contribution in [3.8, 4) is 10.4 Å². The molecule has 17 heavy (non-hydrogen) atoms. The number of aromatic carboxylic acids is 1. The van der Waals surface area contributed by atoms with Crippen molar-refractivity contribution in [1.29, 1.82) is 0 Å². The molecule has 1 aromatic heterocycles. The van der Waals surface area contributed by atoms with Gasteiger partial charge in [0.15, 0.2) is 0 Å². The maximum Gasteiger partial charge on any atom is 0.336 e. The van der Waals surface area contributed by atoms with Crippen molar-refractivity contribution in [1.82, 2.24) is 0 Å². The van der Waals surface area contributed by atoms with E-state index in [2.05, 4.69) is 0 Å². The first kappa shape index (κ1) is 11.7. The Labute approximate surface area is 100 Å². The molecule has 0 saturated heterocycles. The number of hydrogen-bond donors (Lipinski definition) is 1. The maximum absolute atomic E-state index is 13.6. The van der Waals surface area contributed by atoms with Crippen LogP contribution in [-0.2, 0) is 0 Å². The highest BCUT2D eigenvalue weighted by Gasteiger charge is 2.13. The summed E-state index contributed by atoms with van der Waals surface area (Å²) in [6.07, 6.45) is 0. The van der Waals surface area contributed by atoms with Crippen LogP contribution in [0.1, 0.15) is 15.9 Å². The van der Waals surface area contributed by atoms with E-state index in [1.807, 2.05) is 0 Å². The van der Waals surface area contributed by atoms with Crippen LogP contribution in [0.25, 0.3) is 10.4 Å². The number of hydrogen-bond acceptors (Lipinski definition) is 2. The maximum atomic E-state index is 13.6. The Balaban J connectivity index is 2.52. The molecule has 0 fully saturated rings. The van der Waals surface area contributed by atoms with E-state index in [9.17, 15) is 13.6 Å². The van der Waals surface area contributed by atoms with Gasteiger partial charge < -0.3 is 5.11 Å². The Morgan fingerprint density at radius 1 is 1.24 bits per heavy atom. The van der Waals surface area contributed by atoms with Gasteiger partial charge in [0.25, 0.3) is 0 Å². The molecule has 0 aliphatic rings. The van der Waals surface area contributed by atoms with Crippen LogP contribution in [0.15, 0.2) is 23.6 Å². The lowest BCUT2D eigenvalue weighted by Gasteiger charge is -2.02. The summed E-state index contributed by atoms with van der Waals surface area (Å²) in [4.78, 5) is 11.1. The van der Waals surface area contributed by atoms with Crippen molar-refractivity contribution in [2.24, 2.45) is 0 Å². The molecule has 2 aromatic rings. The molecule has 1 aromatic carbocycles. The molecule has 2 nitrogen and oxygen atoms in total. The van der Waals surface area contributed by atoms with Crippen molar-refractivity contribution >= 4 is 17.3 Å². The third-order valence-electron chi connectivity index (χ3n) is 2.36. The topological polar surface area (TPSA) is 37.3 Å². The Bertz CT molecular complexity index is 590. The van der Waals surface area contributed by atoms with Gasteiger partial charge in [0.1, 0.15) is 11.6 Å². The normalized spacial score (nSPS) is 10.5. The monoisotopic (exact) mass is 254 g/mol. The second-order valence-corrected chi connectivity index (χ2v) is 4.50. The zero-order valence-electron chi connectivity index (χ0n) is 8.83. The molecule has 0 unspecified atom stereocenters. The predicted octanol–water partition coefficient (Wildman–Crippen LogP) is 3.70. The fourth-order valence-electron chi connectivity index (χ4n) is 1.42. The zero-order chi connectivity index (χ0) is 12.6. The van der Waals surface area contributed by atoms with Crippen molar-refractivity contribution in [3.05, 3.63) is 46.3 Å². The molecule has 2 rings (SSSR count). The minimum atomic E-state index is -1.08. The molecule has 1 heterocycles. The van der Waals surface area contributed by atoms with E-state index in [-0.39, 0.29) is 16.7 Å². The Hall–Kier alpha value is -1.75. The SMILES string of the molecule is Cc1cc(F)c(-c2cc(C(=O)O)cs2)cc1F. The number of carboxylic acid groups (broad SMARTS) is 1. The van der Waals surface area contributed by atoms with Crippen LogP contribution in [0.3, 0.4) is 0 Å². The molecule has 0 amide bonds. The second kappa shape index (κ2) is 4.25. The Morgan fingerprint density at radius 2 is 1.94 bits per heavy atom. The largest absolute Gasteiger partial charge is 0.478 e. The second-order valence-electron chi connectivity index (χ2n) is 3.59. The van der Waals surface area contributed by atoms with Gasteiger partial charge in [-0.15, -0.1) is 11.3 Å². The van der Waals surface area contributed by atoms with E-state index in [1.54, 1.807) is 0 Å². The van der Waals surface area contributed by atoms with Crippen molar-refractivity contribution in [2.45, 2.75) is 6.92 Å². The molecule has 5 heteroatoms. The van der Waals surface area contributed by atoms with E-state index in [0.29, 0.717) is 4.88 Å². The summed E-state index contributed by atoms with van der Waals surface area (Å²) in [6.45, 7) is 1.47. The summed E-state index contributed by atoms with van der Waals surface area (Å²) in [5.41, 5.74) is 0.386. The standard InChI is InChI=1S/C12H8F2O2S/c1-6-2-10(14)8(4-9(6)13)11-3-7(5-17-11)12(15)16/h2-5H,1H3,(H,15,16). The van der Waals surface area contributed by atoms with Gasteiger partial charge >= 0.3 is 5.97 Å². The Morgan fingerprint density at radius 3 is 2.53 bits per heavy atom. The van der Waals surface area contributed by atoms with Gasteiger partial charge in [0.2, 0.25) is 0 Å². The van der Waals surface area contributed by atoms with Gasteiger partial charge in [-0.3, -0.25) is 0 Å². The number of rotatable bonds is 2. The van der Waals surface area contributed by atoms with Crippen LogP contribution in [0.2, 0.25) is 0 Å². The lowest BCUT2D eigenvalue weighted by molar-refractivity contribution is 0.0697. The molecule has 0 atom stereocenters. The van der Waals surface area contributed by atoms with E-state index < -0.39 is 17.6 Å². The summed E-state index contributed by atoms with van der Waals surface area (Å²) >= 11 is 1.07. The molecule has 0 aliphatic heterocycles. The fraction of sp³-hybridized carbons (Fsp3) is 0.0833. The molecule has 0 saturated carbocycles. The first-order chi connectivity index (χ1) is 7.99. The number of thiophene rings is 1. The van der Waals surface area contributed by atoms with Crippen LogP contribution >= 0.6 is 11.3 Å². The van der Waals surface area contributed by atoms with Crippen molar-refractivity contribution < 1.29 is 18.7 Å². The Kier molecular flexibility index (Phi) is 2.93. The highest BCUT2D eigenvalue weighted by atomic mass is 32.1. The number of aryl methyl sites for hydroxylation is 1. The van der Waals surface area contributed by atoms with Crippen LogP contribution < -0.4 is 0 Å². The summed E-state index contributed by atoms with van der Waals surface area (Å²) in [7, 11) is 0. The van der Waals surface area contributed by atoms with Crippen molar-refractivity contribution in [2.75, 3.05) is 0 Å². The fourth-order valence-corrected chi connectivity index (χ4v) is 2.33. The minimum Gasteiger partial charge on any atom is -0.478 e. The van der Waals surface area contributed by atoms with Gasteiger partial charge in [0, 0.05) is 15.8 Å². The van der Waals surface area contributed by atoms with Gasteiger partial charge in [-0.25, -0.2) is 13.6 Å². The summed E-state index contributed by atoms with van der Waals surface area (Å²) in [5, 5.41) is 10.1. The van der Waals surface area contributed by atoms with Gasteiger partial charge in [-0.05, 0) is 30.7 Å². The summed E-state index contributed by atoms with van der Waals surface area (Å²) in [6, 6.07) is 3.52. The summed E-state index contributed by atoms with van der Waals surface area (Å²) in [5.74, 6) is -2.14. The lowest BCUT2D eigenvalue weighted by atomic mass is 10.1. The van der Waals surface area contributed by atoms with E-state index in [0.717, 1.165) is 23.5 Å². The number of benzene rings is 1. The zero-order valence-corrected chi connectivity index (χ0v) is 9.65. The molecule has 0 radical (unpaired) electrons. The first-order valence-electron chi connectivity index (χ1n) is 4.77. The number of carbonyl (C=O) groups is 1. The number of halogens is 2. The van der Waals surface area contributed by atoms with E-state index in [4.69, 9.17) is 5.11 Å². The van der Waals surface area contributed by atoms with Crippen LogP contribution in [0.4, 0.5) is 8.78 Å². The third-order valence-corrected chi connectivity index (χ3v) is 3.32. The van der Waals surface area contributed by atoms with E-state index >= 15 is 0 Å². The third kappa shape index (κ3) is 2.19. The molecule has 88 valence electrons. The first-order valence-corrected chi connectivity index (χ1v) is 5.65. The average molecular weight is 254 g/mol. The molecule has 1 N–H and O–H groups in total. The van der Waals surface area contributed by atoms with Crippen LogP contribution in [0, 0.1) is 18.6 Å². The quantitative estimate of drug-likeness (QED) is 0.887. The molecule has 0 bridgehead atoms. The highest BCUT2D eigenvalue weighted by molar-refractivity contribution is 7.13. The van der Waals surface area contributed by atoms with E-state index in [1.165, 1.54) is 18.4 Å². The lowest BCUT2D eigenvalue weighted by Crippen LogP contribution is -1.92. The van der Waals surface area contributed by atoms with Crippen molar-refractivity contribution in [3.63, 3.8) is 0 Å². The molecule has 0 aliphatic carbocycles.